The molecule has 31 heavy (non-hydrogen) atoms. The lowest BCUT2D eigenvalue weighted by atomic mass is 9.98. The van der Waals surface area contributed by atoms with Crippen molar-refractivity contribution in [3.63, 3.8) is 0 Å². The molecule has 0 aliphatic carbocycles. The van der Waals surface area contributed by atoms with E-state index in [1.165, 1.54) is 16.4 Å². The van der Waals surface area contributed by atoms with Gasteiger partial charge in [0.05, 0.1) is 10.8 Å². The Morgan fingerprint density at radius 1 is 1.23 bits per heavy atom. The number of sulfonamides is 1. The molecule has 1 aliphatic rings. The Kier molecular flexibility index (Phi) is 5.81. The van der Waals surface area contributed by atoms with Gasteiger partial charge >= 0.3 is 0 Å². The Morgan fingerprint density at radius 3 is 2.68 bits per heavy atom. The first kappa shape index (κ1) is 21.5. The van der Waals surface area contributed by atoms with Crippen molar-refractivity contribution in [3.05, 3.63) is 54.2 Å². The molecule has 4 rings (SSSR count). The smallest absolute Gasteiger partial charge is 0.243 e. The summed E-state index contributed by atoms with van der Waals surface area (Å²) in [6.45, 7) is 4.38. The number of carbonyl (C=O) groups is 1. The quantitative estimate of drug-likeness (QED) is 0.638. The second kappa shape index (κ2) is 8.39. The summed E-state index contributed by atoms with van der Waals surface area (Å²) in [6, 6.07) is 9.97. The molecule has 1 fully saturated rings. The Balaban J connectivity index is 1.47. The molecule has 2 aromatic carbocycles. The number of nitrogens with zero attached hydrogens (tertiary/aromatic N) is 2. The summed E-state index contributed by atoms with van der Waals surface area (Å²) in [6.07, 6.45) is 1.16. The third kappa shape index (κ3) is 4.47. The van der Waals surface area contributed by atoms with Gasteiger partial charge in [-0.2, -0.15) is 4.31 Å². The molecule has 1 amide bonds. The highest BCUT2D eigenvalue weighted by Gasteiger charge is 2.33. The van der Waals surface area contributed by atoms with E-state index in [-0.39, 0.29) is 23.3 Å². The van der Waals surface area contributed by atoms with E-state index in [1.54, 1.807) is 18.2 Å². The highest BCUT2D eigenvalue weighted by atomic mass is 32.2. The van der Waals surface area contributed by atoms with Gasteiger partial charge in [0.2, 0.25) is 15.9 Å². The maximum atomic E-state index is 13.2. The average Bonchev–Trinajstić information content (AvgIpc) is 3.18. The van der Waals surface area contributed by atoms with Gasteiger partial charge < -0.3 is 9.73 Å². The Bertz CT molecular complexity index is 1210. The monoisotopic (exact) mass is 445 g/mol. The van der Waals surface area contributed by atoms with Crippen molar-refractivity contribution in [1.29, 1.82) is 0 Å². The predicted molar refractivity (Wildman–Crippen MR) is 115 cm³/mol. The second-order valence-corrected chi connectivity index (χ2v) is 9.97. The number of aromatic nitrogens is 1. The minimum Gasteiger partial charge on any atom is -0.440 e. The highest BCUT2D eigenvalue weighted by Crippen LogP contribution is 2.27. The van der Waals surface area contributed by atoms with Gasteiger partial charge in [0.15, 0.2) is 11.5 Å². The van der Waals surface area contributed by atoms with Crippen LogP contribution in [0.15, 0.2) is 51.8 Å². The summed E-state index contributed by atoms with van der Waals surface area (Å²) in [5.41, 5.74) is 1.89. The third-order valence-electron chi connectivity index (χ3n) is 5.37. The van der Waals surface area contributed by atoms with E-state index in [0.717, 1.165) is 12.1 Å². The molecule has 0 spiro atoms. The van der Waals surface area contributed by atoms with E-state index in [9.17, 15) is 17.6 Å². The lowest BCUT2D eigenvalue weighted by Crippen LogP contribution is -2.43. The van der Waals surface area contributed by atoms with Crippen LogP contribution >= 0.6 is 0 Å². The summed E-state index contributed by atoms with van der Waals surface area (Å²) in [5, 5.41) is 2.87. The number of nitrogens with one attached hydrogen (secondary N) is 1. The van der Waals surface area contributed by atoms with Gasteiger partial charge in [-0.25, -0.2) is 17.8 Å². The zero-order valence-electron chi connectivity index (χ0n) is 17.3. The molecule has 1 aromatic heterocycles. The number of hydrogen-bond acceptors (Lipinski definition) is 5. The number of amides is 1. The third-order valence-corrected chi connectivity index (χ3v) is 7.25. The molecule has 1 atom stereocenters. The SMILES string of the molecule is CC(C)c1nc2cc(NC(=O)C3CCCN(S(=O)(=O)c4ccc(F)cc4)C3)ccc2o1. The van der Waals surface area contributed by atoms with Gasteiger partial charge in [0.25, 0.3) is 0 Å². The van der Waals surface area contributed by atoms with Crippen molar-refractivity contribution in [2.45, 2.75) is 37.5 Å². The lowest BCUT2D eigenvalue weighted by molar-refractivity contribution is -0.120. The van der Waals surface area contributed by atoms with Crippen LogP contribution in [0.2, 0.25) is 0 Å². The zero-order chi connectivity index (χ0) is 22.2. The van der Waals surface area contributed by atoms with E-state index < -0.39 is 21.8 Å². The van der Waals surface area contributed by atoms with Crippen LogP contribution in [-0.4, -0.2) is 36.7 Å². The first-order valence-electron chi connectivity index (χ1n) is 10.2. The molecule has 9 heteroatoms. The topological polar surface area (TPSA) is 92.5 Å². The molecular weight excluding hydrogens is 421 g/mol. The molecule has 1 N–H and O–H groups in total. The van der Waals surface area contributed by atoms with Gasteiger partial charge in [-0.05, 0) is 55.3 Å². The zero-order valence-corrected chi connectivity index (χ0v) is 18.2. The number of rotatable bonds is 5. The molecule has 0 saturated carbocycles. The number of benzene rings is 2. The minimum absolute atomic E-state index is 0.0207. The van der Waals surface area contributed by atoms with Gasteiger partial charge in [-0.15, -0.1) is 0 Å². The van der Waals surface area contributed by atoms with Crippen LogP contribution in [0.3, 0.4) is 0 Å². The van der Waals surface area contributed by atoms with Gasteiger partial charge in [-0.1, -0.05) is 13.8 Å². The van der Waals surface area contributed by atoms with E-state index in [0.29, 0.717) is 42.1 Å². The predicted octanol–water partition coefficient (Wildman–Crippen LogP) is 4.13. The normalized spacial score (nSPS) is 17.9. The van der Waals surface area contributed by atoms with E-state index in [1.807, 2.05) is 13.8 Å². The largest absolute Gasteiger partial charge is 0.440 e. The lowest BCUT2D eigenvalue weighted by Gasteiger charge is -2.31. The number of fused-ring (bicyclic) bond motifs is 1. The summed E-state index contributed by atoms with van der Waals surface area (Å²) >= 11 is 0. The molecule has 0 radical (unpaired) electrons. The maximum absolute atomic E-state index is 13.2. The van der Waals surface area contributed by atoms with Crippen LogP contribution in [0.1, 0.15) is 38.5 Å². The number of halogens is 1. The molecule has 7 nitrogen and oxygen atoms in total. The standard InChI is InChI=1S/C22H24FN3O4S/c1-14(2)22-25-19-12-17(7-10-20(19)30-22)24-21(27)15-4-3-11-26(13-15)31(28,29)18-8-5-16(23)6-9-18/h5-10,12,14-15H,3-4,11,13H2,1-2H3,(H,24,27). The molecule has 3 aromatic rings. The fourth-order valence-electron chi connectivity index (χ4n) is 3.64. The number of hydrogen-bond donors (Lipinski definition) is 1. The van der Waals surface area contributed by atoms with Crippen molar-refractivity contribution in [2.75, 3.05) is 18.4 Å². The van der Waals surface area contributed by atoms with Crippen molar-refractivity contribution in [1.82, 2.24) is 9.29 Å². The van der Waals surface area contributed by atoms with Gasteiger partial charge in [0, 0.05) is 24.7 Å². The fourth-order valence-corrected chi connectivity index (χ4v) is 5.17. The summed E-state index contributed by atoms with van der Waals surface area (Å²) in [7, 11) is -3.79. The Hall–Kier alpha value is -2.78. The molecule has 2 heterocycles. The summed E-state index contributed by atoms with van der Waals surface area (Å²) in [4.78, 5) is 17.3. The number of piperidine rings is 1. The van der Waals surface area contributed by atoms with Crippen molar-refractivity contribution in [2.24, 2.45) is 5.92 Å². The van der Waals surface area contributed by atoms with Gasteiger partial charge in [0.1, 0.15) is 11.3 Å². The first-order valence-corrected chi connectivity index (χ1v) is 11.6. The molecule has 1 saturated heterocycles. The molecular formula is C22H24FN3O4S. The van der Waals surface area contributed by atoms with Crippen LogP contribution in [-0.2, 0) is 14.8 Å². The van der Waals surface area contributed by atoms with E-state index >= 15 is 0 Å². The highest BCUT2D eigenvalue weighted by molar-refractivity contribution is 7.89. The Morgan fingerprint density at radius 2 is 1.97 bits per heavy atom. The number of anilines is 1. The van der Waals surface area contributed by atoms with Gasteiger partial charge in [-0.3, -0.25) is 4.79 Å². The average molecular weight is 446 g/mol. The van der Waals surface area contributed by atoms with Crippen LogP contribution < -0.4 is 5.32 Å². The minimum atomic E-state index is -3.79. The first-order chi connectivity index (χ1) is 14.7. The number of carbonyl (C=O) groups excluding carboxylic acids is 1. The maximum Gasteiger partial charge on any atom is 0.243 e. The summed E-state index contributed by atoms with van der Waals surface area (Å²) < 4.78 is 45.9. The van der Waals surface area contributed by atoms with E-state index in [4.69, 9.17) is 4.42 Å². The van der Waals surface area contributed by atoms with Crippen LogP contribution in [0.4, 0.5) is 10.1 Å². The van der Waals surface area contributed by atoms with Crippen LogP contribution in [0, 0.1) is 11.7 Å². The molecule has 0 bridgehead atoms. The second-order valence-electron chi connectivity index (χ2n) is 8.03. The van der Waals surface area contributed by atoms with Crippen LogP contribution in [0.25, 0.3) is 11.1 Å². The van der Waals surface area contributed by atoms with E-state index in [2.05, 4.69) is 10.3 Å². The van der Waals surface area contributed by atoms with Crippen molar-refractivity contribution >= 4 is 32.7 Å². The molecule has 164 valence electrons. The van der Waals surface area contributed by atoms with Crippen molar-refractivity contribution in [3.8, 4) is 0 Å². The molecule has 1 unspecified atom stereocenters. The fraction of sp³-hybridized carbons (Fsp3) is 0.364. The summed E-state index contributed by atoms with van der Waals surface area (Å²) in [5.74, 6) is -0.442. The number of oxazole rings is 1. The Labute approximate surface area is 180 Å². The van der Waals surface area contributed by atoms with Crippen LogP contribution in [0.5, 0.6) is 0 Å². The van der Waals surface area contributed by atoms with Crippen molar-refractivity contribution < 1.29 is 22.0 Å². The molecule has 1 aliphatic heterocycles.